The molecule has 7 heteroatoms. The molecule has 0 radical (unpaired) electrons. The second-order valence-corrected chi connectivity index (χ2v) is 4.71. The third kappa shape index (κ3) is 2.81. The van der Waals surface area contributed by atoms with Crippen LogP contribution in [0.2, 0.25) is 0 Å². The molecule has 98 valence electrons. The number of thiazole rings is 1. The van der Waals surface area contributed by atoms with Gasteiger partial charge in [-0.25, -0.2) is 4.98 Å². The average Bonchev–Trinajstić information content (AvgIpc) is 2.85. The number of H-pyrrole nitrogens is 1. The minimum absolute atomic E-state index is 0.0329. The number of rotatable bonds is 4. The van der Waals surface area contributed by atoms with E-state index in [1.54, 1.807) is 13.0 Å². The lowest BCUT2D eigenvalue weighted by atomic mass is 10.1. The van der Waals surface area contributed by atoms with Crippen LogP contribution in [0.3, 0.4) is 0 Å². The van der Waals surface area contributed by atoms with Crippen LogP contribution in [0.5, 0.6) is 0 Å². The van der Waals surface area contributed by atoms with Crippen LogP contribution in [0.4, 0.5) is 5.13 Å². The molecule has 2 aromatic heterocycles. The highest BCUT2D eigenvalue weighted by Gasteiger charge is 2.10. The van der Waals surface area contributed by atoms with Gasteiger partial charge in [0.1, 0.15) is 11.6 Å². The Kier molecular flexibility index (Phi) is 3.94. The van der Waals surface area contributed by atoms with Crippen LogP contribution in [-0.2, 0) is 0 Å². The zero-order valence-corrected chi connectivity index (χ0v) is 11.0. The number of aryl methyl sites for hydroxylation is 1. The quantitative estimate of drug-likeness (QED) is 0.775. The lowest BCUT2D eigenvalue weighted by Crippen LogP contribution is -2.12. The summed E-state index contributed by atoms with van der Waals surface area (Å²) < 4.78 is 0. The summed E-state index contributed by atoms with van der Waals surface area (Å²) in [5, 5.41) is 23.1. The summed E-state index contributed by atoms with van der Waals surface area (Å²) in [5.74, 6) is 0. The number of nitrogens with one attached hydrogen (secondary N) is 2. The van der Waals surface area contributed by atoms with Crippen LogP contribution in [0.1, 0.15) is 11.3 Å². The van der Waals surface area contributed by atoms with Gasteiger partial charge in [-0.05, 0) is 13.0 Å². The molecule has 2 aromatic rings. The monoisotopic (exact) mass is 276 g/mol. The minimum atomic E-state index is -0.391. The van der Waals surface area contributed by atoms with Gasteiger partial charge in [-0.2, -0.15) is 5.26 Å². The molecule has 0 unspecified atom stereocenters. The Morgan fingerprint density at radius 1 is 1.63 bits per heavy atom. The Bertz CT molecular complexity index is 684. The van der Waals surface area contributed by atoms with Crippen molar-refractivity contribution >= 4 is 16.5 Å². The maximum absolute atomic E-state index is 11.5. The number of hydrogen-bond donors (Lipinski definition) is 3. The number of aromatic amines is 1. The molecule has 0 saturated heterocycles. The standard InChI is InChI=1S/C12H12N4O2S/c1-7-9(4-8(5-13)11(18)15-7)10-6-19-12(16-10)14-2-3-17/h4,6,17H,2-3H2,1H3,(H,14,16)(H,15,18). The zero-order valence-electron chi connectivity index (χ0n) is 10.2. The normalized spacial score (nSPS) is 10.2. The highest BCUT2D eigenvalue weighted by molar-refractivity contribution is 7.14. The summed E-state index contributed by atoms with van der Waals surface area (Å²) >= 11 is 1.40. The van der Waals surface area contributed by atoms with Crippen LogP contribution < -0.4 is 10.9 Å². The van der Waals surface area contributed by atoms with E-state index in [9.17, 15) is 4.79 Å². The van der Waals surface area contributed by atoms with E-state index in [0.29, 0.717) is 23.1 Å². The lowest BCUT2D eigenvalue weighted by Gasteiger charge is -2.02. The molecule has 2 heterocycles. The molecule has 0 aliphatic heterocycles. The number of aliphatic hydroxyl groups excluding tert-OH is 1. The lowest BCUT2D eigenvalue weighted by molar-refractivity contribution is 0.311. The van der Waals surface area contributed by atoms with Crippen molar-refractivity contribution < 1.29 is 5.11 Å². The molecular weight excluding hydrogens is 264 g/mol. The molecule has 0 atom stereocenters. The van der Waals surface area contributed by atoms with E-state index in [2.05, 4.69) is 15.3 Å². The average molecular weight is 276 g/mol. The number of pyridine rings is 1. The van der Waals surface area contributed by atoms with Crippen molar-refractivity contribution in [3.8, 4) is 17.3 Å². The first kappa shape index (κ1) is 13.3. The van der Waals surface area contributed by atoms with E-state index in [-0.39, 0.29) is 12.2 Å². The van der Waals surface area contributed by atoms with Crippen molar-refractivity contribution in [2.75, 3.05) is 18.5 Å². The van der Waals surface area contributed by atoms with E-state index in [0.717, 1.165) is 5.56 Å². The fraction of sp³-hybridized carbons (Fsp3) is 0.250. The Morgan fingerprint density at radius 3 is 3.11 bits per heavy atom. The maximum atomic E-state index is 11.5. The highest BCUT2D eigenvalue weighted by Crippen LogP contribution is 2.26. The topological polar surface area (TPSA) is 102 Å². The second-order valence-electron chi connectivity index (χ2n) is 3.85. The van der Waals surface area contributed by atoms with Gasteiger partial charge in [0.15, 0.2) is 5.13 Å². The predicted octanol–water partition coefficient (Wildman–Crippen LogP) is 1.08. The predicted molar refractivity (Wildman–Crippen MR) is 73.2 cm³/mol. The third-order valence-corrected chi connectivity index (χ3v) is 3.33. The molecule has 19 heavy (non-hydrogen) atoms. The second kappa shape index (κ2) is 5.65. The van der Waals surface area contributed by atoms with E-state index in [1.165, 1.54) is 11.3 Å². The molecule has 0 amide bonds. The van der Waals surface area contributed by atoms with Crippen LogP contribution in [0.15, 0.2) is 16.2 Å². The Balaban J connectivity index is 2.39. The molecular formula is C12H12N4O2S. The van der Waals surface area contributed by atoms with Gasteiger partial charge >= 0.3 is 0 Å². The van der Waals surface area contributed by atoms with Gasteiger partial charge in [0.25, 0.3) is 5.56 Å². The number of aromatic nitrogens is 2. The maximum Gasteiger partial charge on any atom is 0.266 e. The molecule has 0 bridgehead atoms. The number of nitrogens with zero attached hydrogens (tertiary/aromatic N) is 2. The van der Waals surface area contributed by atoms with E-state index in [4.69, 9.17) is 10.4 Å². The molecule has 0 aromatic carbocycles. The van der Waals surface area contributed by atoms with E-state index >= 15 is 0 Å². The summed E-state index contributed by atoms with van der Waals surface area (Å²) in [5.41, 5.74) is 1.76. The Hall–Kier alpha value is -2.17. The van der Waals surface area contributed by atoms with Gasteiger partial charge in [-0.3, -0.25) is 4.79 Å². The largest absolute Gasteiger partial charge is 0.395 e. The molecule has 0 saturated carbocycles. The fourth-order valence-electron chi connectivity index (χ4n) is 1.61. The highest BCUT2D eigenvalue weighted by atomic mass is 32.1. The molecule has 2 rings (SSSR count). The van der Waals surface area contributed by atoms with Crippen molar-refractivity contribution in [3.05, 3.63) is 33.1 Å². The molecule has 0 aliphatic carbocycles. The summed E-state index contributed by atoms with van der Waals surface area (Å²) in [6, 6.07) is 3.40. The Morgan fingerprint density at radius 2 is 2.42 bits per heavy atom. The van der Waals surface area contributed by atoms with Crippen molar-refractivity contribution in [2.45, 2.75) is 6.92 Å². The van der Waals surface area contributed by atoms with Gasteiger partial charge < -0.3 is 15.4 Å². The third-order valence-electron chi connectivity index (χ3n) is 2.53. The van der Waals surface area contributed by atoms with E-state index < -0.39 is 5.56 Å². The van der Waals surface area contributed by atoms with Crippen molar-refractivity contribution in [3.63, 3.8) is 0 Å². The van der Waals surface area contributed by atoms with Crippen LogP contribution in [0.25, 0.3) is 11.3 Å². The number of hydrogen-bond acceptors (Lipinski definition) is 6. The first-order chi connectivity index (χ1) is 9.15. The molecule has 0 spiro atoms. The first-order valence-corrected chi connectivity index (χ1v) is 6.48. The van der Waals surface area contributed by atoms with Gasteiger partial charge in [-0.1, -0.05) is 0 Å². The molecule has 0 aliphatic rings. The van der Waals surface area contributed by atoms with Crippen LogP contribution in [0, 0.1) is 18.3 Å². The Labute approximate surface area is 113 Å². The van der Waals surface area contributed by atoms with Gasteiger partial charge in [-0.15, -0.1) is 11.3 Å². The number of nitriles is 1. The summed E-state index contributed by atoms with van der Waals surface area (Å²) in [6.07, 6.45) is 0. The summed E-state index contributed by atoms with van der Waals surface area (Å²) in [7, 11) is 0. The minimum Gasteiger partial charge on any atom is -0.395 e. The summed E-state index contributed by atoms with van der Waals surface area (Å²) in [6.45, 7) is 2.23. The van der Waals surface area contributed by atoms with Crippen molar-refractivity contribution in [2.24, 2.45) is 0 Å². The van der Waals surface area contributed by atoms with Crippen LogP contribution in [-0.4, -0.2) is 28.2 Å². The number of anilines is 1. The zero-order chi connectivity index (χ0) is 13.8. The molecule has 3 N–H and O–H groups in total. The van der Waals surface area contributed by atoms with Gasteiger partial charge in [0, 0.05) is 23.2 Å². The number of aliphatic hydroxyl groups is 1. The first-order valence-electron chi connectivity index (χ1n) is 5.60. The molecule has 0 fully saturated rings. The smallest absolute Gasteiger partial charge is 0.266 e. The van der Waals surface area contributed by atoms with Gasteiger partial charge in [0.2, 0.25) is 0 Å². The van der Waals surface area contributed by atoms with Crippen LogP contribution >= 0.6 is 11.3 Å². The summed E-state index contributed by atoms with van der Waals surface area (Å²) in [4.78, 5) is 18.4. The fourth-order valence-corrected chi connectivity index (χ4v) is 2.35. The SMILES string of the molecule is Cc1[nH]c(=O)c(C#N)cc1-c1csc(NCCO)n1. The van der Waals surface area contributed by atoms with Gasteiger partial charge in [0.05, 0.1) is 12.3 Å². The molecule has 6 nitrogen and oxygen atoms in total. The van der Waals surface area contributed by atoms with Crippen molar-refractivity contribution in [1.82, 2.24) is 9.97 Å². The van der Waals surface area contributed by atoms with Crippen molar-refractivity contribution in [1.29, 1.82) is 5.26 Å². The van der Waals surface area contributed by atoms with E-state index in [1.807, 2.05) is 11.4 Å².